The maximum Gasteiger partial charge on any atom is 0.250 e. The zero-order chi connectivity index (χ0) is 26.9. The summed E-state index contributed by atoms with van der Waals surface area (Å²) in [5.74, 6) is 0.745. The number of nitrogens with zero attached hydrogens (tertiary/aromatic N) is 3. The number of ether oxygens (including phenoxy) is 1. The highest BCUT2D eigenvalue weighted by atomic mass is 16.6. The van der Waals surface area contributed by atoms with E-state index in [1.807, 2.05) is 35.0 Å². The fourth-order valence-corrected chi connectivity index (χ4v) is 5.25. The number of unbranched alkanes of at least 4 members (excludes halogenated alkanes) is 2. The first-order valence-corrected chi connectivity index (χ1v) is 14.0. The van der Waals surface area contributed by atoms with Crippen molar-refractivity contribution in [3.63, 3.8) is 0 Å². The van der Waals surface area contributed by atoms with E-state index in [-0.39, 0.29) is 24.1 Å². The summed E-state index contributed by atoms with van der Waals surface area (Å²) in [6.45, 7) is 3.43. The van der Waals surface area contributed by atoms with Gasteiger partial charge < -0.3 is 14.5 Å². The summed E-state index contributed by atoms with van der Waals surface area (Å²) in [7, 11) is 1.92. The van der Waals surface area contributed by atoms with Gasteiger partial charge in [-0.05, 0) is 43.9 Å². The first-order valence-electron chi connectivity index (χ1n) is 14.0. The maximum atomic E-state index is 12.6. The van der Waals surface area contributed by atoms with E-state index < -0.39 is 6.04 Å². The molecule has 2 aliphatic heterocycles. The Kier molecular flexibility index (Phi) is 9.98. The van der Waals surface area contributed by atoms with E-state index in [4.69, 9.17) is 9.57 Å². The summed E-state index contributed by atoms with van der Waals surface area (Å²) in [5, 5.41) is 2.78. The van der Waals surface area contributed by atoms with Crippen LogP contribution in [0.4, 0.5) is 5.69 Å². The highest BCUT2D eigenvalue weighted by Gasteiger charge is 2.40. The molecule has 4 rings (SSSR count). The van der Waals surface area contributed by atoms with Gasteiger partial charge in [0.15, 0.2) is 0 Å². The van der Waals surface area contributed by atoms with Crippen molar-refractivity contribution in [2.75, 3.05) is 20.3 Å². The molecule has 3 amide bonds. The fraction of sp³-hybridized carbons (Fsp3) is 0.643. The van der Waals surface area contributed by atoms with E-state index in [2.05, 4.69) is 22.7 Å². The molecule has 1 saturated heterocycles. The minimum atomic E-state index is -0.655. The molecule has 10 nitrogen and oxygen atoms in total. The zero-order valence-corrected chi connectivity index (χ0v) is 22.7. The molecular formula is C28H41N5O5. The molecule has 1 atom stereocenters. The third-order valence-corrected chi connectivity index (χ3v) is 7.54. The topological polar surface area (TPSA) is 113 Å². The van der Waals surface area contributed by atoms with Crippen molar-refractivity contribution in [1.82, 2.24) is 20.6 Å². The van der Waals surface area contributed by atoms with E-state index in [9.17, 15) is 14.4 Å². The van der Waals surface area contributed by atoms with Crippen LogP contribution in [-0.2, 0) is 25.8 Å². The van der Waals surface area contributed by atoms with Gasteiger partial charge in [-0.2, -0.15) is 0 Å². The van der Waals surface area contributed by atoms with Crippen LogP contribution in [0.3, 0.4) is 0 Å². The lowest BCUT2D eigenvalue weighted by atomic mass is 9.94. The lowest BCUT2D eigenvalue weighted by molar-refractivity contribution is -0.137. The van der Waals surface area contributed by atoms with Crippen LogP contribution < -0.4 is 15.5 Å². The van der Waals surface area contributed by atoms with Crippen LogP contribution in [0, 0.1) is 0 Å². The molecule has 3 aliphatic rings. The predicted molar refractivity (Wildman–Crippen MR) is 144 cm³/mol. The normalized spacial score (nSPS) is 18.8. The van der Waals surface area contributed by atoms with E-state index in [1.165, 1.54) is 19.3 Å². The number of hydroxylamine groups is 1. The molecule has 0 bridgehead atoms. The van der Waals surface area contributed by atoms with Crippen LogP contribution in [0.2, 0.25) is 0 Å². The first kappa shape index (κ1) is 27.9. The minimum absolute atomic E-state index is 0.0203. The van der Waals surface area contributed by atoms with E-state index in [1.54, 1.807) is 0 Å². The first-order chi connectivity index (χ1) is 18.5. The molecule has 2 fully saturated rings. The van der Waals surface area contributed by atoms with Crippen molar-refractivity contribution in [2.24, 2.45) is 4.99 Å². The van der Waals surface area contributed by atoms with Crippen LogP contribution in [0.1, 0.15) is 83.1 Å². The highest BCUT2D eigenvalue weighted by molar-refractivity contribution is 6.09. The number of hydrogen-bond acceptors (Lipinski definition) is 7. The standard InChI is InChI=1S/C28H41N5O5/c1-3-4-8-16-38-31-25(34)18-24-27(36)30-28-29-23-14-13-22(17-20(23)19-33(24)28)37-15-9-12-26(35)32(2)21-10-6-5-7-11-21/h13-14,17,21,24H,3-12,15-16,18-19H2,1-2H3,(H,31,34)(H,29,30,36). The molecule has 1 saturated carbocycles. The van der Waals surface area contributed by atoms with Crippen molar-refractivity contribution >= 4 is 29.4 Å². The second-order valence-corrected chi connectivity index (χ2v) is 10.4. The smallest absolute Gasteiger partial charge is 0.250 e. The molecule has 10 heteroatoms. The number of hydrogen-bond donors (Lipinski definition) is 2. The van der Waals surface area contributed by atoms with E-state index in [0.717, 1.165) is 43.4 Å². The molecule has 2 heterocycles. The average Bonchev–Trinajstić information content (AvgIpc) is 3.22. The Bertz CT molecular complexity index is 1020. The summed E-state index contributed by atoms with van der Waals surface area (Å²) < 4.78 is 5.94. The second-order valence-electron chi connectivity index (χ2n) is 10.4. The molecule has 2 N–H and O–H groups in total. The summed E-state index contributed by atoms with van der Waals surface area (Å²) >= 11 is 0. The molecule has 0 radical (unpaired) electrons. The Labute approximate surface area is 225 Å². The van der Waals surface area contributed by atoms with Crippen LogP contribution in [0.25, 0.3) is 0 Å². The lowest BCUT2D eigenvalue weighted by Gasteiger charge is -2.31. The quantitative estimate of drug-likeness (QED) is 0.300. The van der Waals surface area contributed by atoms with Crippen molar-refractivity contribution in [3.05, 3.63) is 23.8 Å². The molecule has 1 aromatic carbocycles. The highest BCUT2D eigenvalue weighted by Crippen LogP contribution is 2.32. The van der Waals surface area contributed by atoms with Gasteiger partial charge >= 0.3 is 0 Å². The number of fused-ring (bicyclic) bond motifs is 2. The Morgan fingerprint density at radius 3 is 2.76 bits per heavy atom. The molecule has 0 aromatic heterocycles. The third kappa shape index (κ3) is 7.24. The van der Waals surface area contributed by atoms with E-state index in [0.29, 0.717) is 50.4 Å². The third-order valence-electron chi connectivity index (χ3n) is 7.54. The van der Waals surface area contributed by atoms with Gasteiger partial charge in [-0.3, -0.25) is 24.5 Å². The summed E-state index contributed by atoms with van der Waals surface area (Å²) in [6, 6.07) is 5.36. The van der Waals surface area contributed by atoms with Gasteiger partial charge in [0.1, 0.15) is 11.8 Å². The van der Waals surface area contributed by atoms with Gasteiger partial charge in [0.05, 0.1) is 25.3 Å². The van der Waals surface area contributed by atoms with Gasteiger partial charge in [0.2, 0.25) is 23.7 Å². The Hall–Kier alpha value is -3.14. The molecule has 1 aromatic rings. The molecule has 208 valence electrons. The Morgan fingerprint density at radius 1 is 1.16 bits per heavy atom. The van der Waals surface area contributed by atoms with Crippen molar-refractivity contribution < 1.29 is 24.0 Å². The van der Waals surface area contributed by atoms with Gasteiger partial charge in [-0.25, -0.2) is 10.5 Å². The van der Waals surface area contributed by atoms with Crippen molar-refractivity contribution in [2.45, 2.75) is 96.2 Å². The molecule has 38 heavy (non-hydrogen) atoms. The number of benzene rings is 1. The second kappa shape index (κ2) is 13.6. The molecule has 1 aliphatic carbocycles. The lowest BCUT2D eigenvalue weighted by Crippen LogP contribution is -2.40. The minimum Gasteiger partial charge on any atom is -0.494 e. The maximum absolute atomic E-state index is 12.6. The van der Waals surface area contributed by atoms with Crippen LogP contribution in [0.15, 0.2) is 23.2 Å². The van der Waals surface area contributed by atoms with Crippen molar-refractivity contribution in [3.8, 4) is 5.75 Å². The van der Waals surface area contributed by atoms with Crippen LogP contribution in [0.5, 0.6) is 5.75 Å². The zero-order valence-electron chi connectivity index (χ0n) is 22.7. The Balaban J connectivity index is 1.25. The number of rotatable bonds is 13. The number of guanidine groups is 1. The van der Waals surface area contributed by atoms with Crippen LogP contribution in [-0.4, -0.2) is 65.8 Å². The van der Waals surface area contributed by atoms with Gasteiger partial charge in [-0.1, -0.05) is 39.0 Å². The molecular weight excluding hydrogens is 486 g/mol. The van der Waals surface area contributed by atoms with Gasteiger partial charge in [-0.15, -0.1) is 0 Å². The average molecular weight is 528 g/mol. The number of nitrogens with one attached hydrogen (secondary N) is 2. The van der Waals surface area contributed by atoms with Gasteiger partial charge in [0.25, 0.3) is 0 Å². The number of aliphatic imine (C=N–C) groups is 1. The largest absolute Gasteiger partial charge is 0.494 e. The predicted octanol–water partition coefficient (Wildman–Crippen LogP) is 3.57. The Morgan fingerprint density at radius 2 is 1.97 bits per heavy atom. The van der Waals surface area contributed by atoms with E-state index >= 15 is 0 Å². The number of carbonyl (C=O) groups excluding carboxylic acids is 3. The fourth-order valence-electron chi connectivity index (χ4n) is 5.25. The van der Waals surface area contributed by atoms with Crippen molar-refractivity contribution in [1.29, 1.82) is 0 Å². The van der Waals surface area contributed by atoms with Crippen LogP contribution >= 0.6 is 0 Å². The van der Waals surface area contributed by atoms with Gasteiger partial charge in [0, 0.05) is 31.6 Å². The number of amides is 3. The molecule has 1 unspecified atom stereocenters. The summed E-state index contributed by atoms with van der Waals surface area (Å²) in [6.07, 6.45) is 9.98. The summed E-state index contributed by atoms with van der Waals surface area (Å²) in [5.41, 5.74) is 4.12. The molecule has 0 spiro atoms. The monoisotopic (exact) mass is 527 g/mol. The summed E-state index contributed by atoms with van der Waals surface area (Å²) in [4.78, 5) is 51.0. The number of carbonyl (C=O) groups is 3. The SMILES string of the molecule is CCCCCONC(=O)CC1C(=O)NC2=Nc3ccc(OCCCC(=O)N(C)C4CCCCC4)cc3CN21.